The Kier molecular flexibility index (Phi) is 8.25. The molecule has 284 valence electrons. The third-order valence-electron chi connectivity index (χ3n) is 12.5. The van der Waals surface area contributed by atoms with Crippen LogP contribution in [0.3, 0.4) is 0 Å². The number of fused-ring (bicyclic) bond motifs is 9. The molecule has 0 atom stereocenters. The normalized spacial score (nSPS) is 11.6. The van der Waals surface area contributed by atoms with Gasteiger partial charge in [-0.1, -0.05) is 188 Å². The largest absolute Gasteiger partial charge is 0.310 e. The number of benzene rings is 12. The molecule has 0 aliphatic heterocycles. The van der Waals surface area contributed by atoms with Crippen LogP contribution in [0.5, 0.6) is 0 Å². The van der Waals surface area contributed by atoms with Gasteiger partial charge in [0.2, 0.25) is 0 Å². The molecule has 0 saturated heterocycles. The van der Waals surface area contributed by atoms with Crippen molar-refractivity contribution in [2.75, 3.05) is 4.90 Å². The fourth-order valence-electron chi connectivity index (χ4n) is 9.60. The molecule has 0 heterocycles. The summed E-state index contributed by atoms with van der Waals surface area (Å²) in [4.78, 5) is 2.46. The smallest absolute Gasteiger partial charge is 0.0546 e. The van der Waals surface area contributed by atoms with Crippen molar-refractivity contribution in [3.8, 4) is 33.4 Å². The summed E-state index contributed by atoms with van der Waals surface area (Å²) in [7, 11) is 0. The predicted octanol–water partition coefficient (Wildman–Crippen LogP) is 17.1. The van der Waals surface area contributed by atoms with E-state index in [1.165, 1.54) is 98.0 Å². The minimum Gasteiger partial charge on any atom is -0.310 e. The maximum Gasteiger partial charge on any atom is 0.0546 e. The lowest BCUT2D eigenvalue weighted by molar-refractivity contribution is 1.30. The van der Waals surface area contributed by atoms with Gasteiger partial charge in [0.15, 0.2) is 0 Å². The fraction of sp³-hybridized carbons (Fsp3) is 0. The van der Waals surface area contributed by atoms with Gasteiger partial charge in [-0.15, -0.1) is 0 Å². The Bertz CT molecular complexity index is 3630. The van der Waals surface area contributed by atoms with E-state index < -0.39 is 0 Å². The Morgan fingerprint density at radius 1 is 0.230 bits per heavy atom. The predicted molar refractivity (Wildman–Crippen MR) is 262 cm³/mol. The summed E-state index contributed by atoms with van der Waals surface area (Å²) in [6.07, 6.45) is 0. The second-order valence-corrected chi connectivity index (χ2v) is 16.1. The lowest BCUT2D eigenvalue weighted by Crippen LogP contribution is -2.11. The van der Waals surface area contributed by atoms with Crippen molar-refractivity contribution >= 4 is 81.7 Å². The van der Waals surface area contributed by atoms with Gasteiger partial charge in [-0.05, 0) is 141 Å². The van der Waals surface area contributed by atoms with Gasteiger partial charge in [-0.25, -0.2) is 0 Å². The van der Waals surface area contributed by atoms with Crippen LogP contribution in [-0.4, -0.2) is 0 Å². The summed E-state index contributed by atoms with van der Waals surface area (Å²) < 4.78 is 0. The molecule has 12 aromatic carbocycles. The zero-order chi connectivity index (χ0) is 40.3. The number of anilines is 3. The van der Waals surface area contributed by atoms with Crippen molar-refractivity contribution in [1.29, 1.82) is 0 Å². The number of hydrogen-bond acceptors (Lipinski definition) is 1. The average molecular weight is 774 g/mol. The first kappa shape index (κ1) is 35.0. The van der Waals surface area contributed by atoms with E-state index >= 15 is 0 Å². The molecule has 61 heavy (non-hydrogen) atoms. The Labute approximate surface area is 355 Å². The first-order valence-electron chi connectivity index (χ1n) is 21.1. The molecule has 12 rings (SSSR count). The van der Waals surface area contributed by atoms with E-state index in [2.05, 4.69) is 241 Å². The van der Waals surface area contributed by atoms with Crippen LogP contribution >= 0.6 is 0 Å². The van der Waals surface area contributed by atoms with Gasteiger partial charge in [0.1, 0.15) is 0 Å². The van der Waals surface area contributed by atoms with Gasteiger partial charge in [0.05, 0.1) is 5.69 Å². The number of rotatable bonds is 6. The molecule has 0 N–H and O–H groups in total. The summed E-state index contributed by atoms with van der Waals surface area (Å²) in [5.74, 6) is 0. The molecule has 1 nitrogen and oxygen atoms in total. The van der Waals surface area contributed by atoms with Crippen molar-refractivity contribution in [3.05, 3.63) is 237 Å². The molecule has 0 spiro atoms. The topological polar surface area (TPSA) is 3.24 Å². The molecule has 0 aromatic heterocycles. The van der Waals surface area contributed by atoms with Gasteiger partial charge in [0.25, 0.3) is 0 Å². The van der Waals surface area contributed by atoms with E-state index in [-0.39, 0.29) is 0 Å². The van der Waals surface area contributed by atoms with Crippen molar-refractivity contribution in [1.82, 2.24) is 0 Å². The lowest BCUT2D eigenvalue weighted by atomic mass is 9.87. The maximum absolute atomic E-state index is 2.46. The molecular weight excluding hydrogens is 735 g/mol. The number of hydrogen-bond donors (Lipinski definition) is 0. The van der Waals surface area contributed by atoms with E-state index in [9.17, 15) is 0 Å². The molecule has 0 fully saturated rings. The Morgan fingerprint density at radius 2 is 0.721 bits per heavy atom. The summed E-state index contributed by atoms with van der Waals surface area (Å²) in [5, 5.41) is 15.0. The molecule has 0 unspecified atom stereocenters. The lowest BCUT2D eigenvalue weighted by Gasteiger charge is -2.28. The third-order valence-corrected chi connectivity index (χ3v) is 12.5. The van der Waals surface area contributed by atoms with Crippen LogP contribution in [0.25, 0.3) is 98.0 Å². The highest BCUT2D eigenvalue weighted by atomic mass is 15.1. The van der Waals surface area contributed by atoms with Crippen LogP contribution in [0.1, 0.15) is 0 Å². The molecule has 0 aliphatic rings. The summed E-state index contributed by atoms with van der Waals surface area (Å²) in [6, 6.07) is 87.0. The summed E-state index contributed by atoms with van der Waals surface area (Å²) >= 11 is 0. The minimum atomic E-state index is 1.10. The first-order valence-corrected chi connectivity index (χ1v) is 21.1. The van der Waals surface area contributed by atoms with E-state index in [4.69, 9.17) is 0 Å². The van der Waals surface area contributed by atoms with Crippen molar-refractivity contribution in [3.63, 3.8) is 0 Å². The fourth-order valence-corrected chi connectivity index (χ4v) is 9.60. The van der Waals surface area contributed by atoms with E-state index in [0.717, 1.165) is 17.1 Å². The van der Waals surface area contributed by atoms with Gasteiger partial charge in [-0.3, -0.25) is 0 Å². The van der Waals surface area contributed by atoms with E-state index in [0.29, 0.717) is 0 Å². The molecular formula is C60H39N. The average Bonchev–Trinajstić information content (AvgIpc) is 3.34. The molecule has 0 aliphatic carbocycles. The highest BCUT2D eigenvalue weighted by Gasteiger charge is 2.20. The molecule has 0 bridgehead atoms. The number of nitrogens with zero attached hydrogens (tertiary/aromatic N) is 1. The van der Waals surface area contributed by atoms with Crippen molar-refractivity contribution < 1.29 is 0 Å². The SMILES string of the molecule is c1ccc(-c2ccc(N(c3ccc4cc(-c5ccccc5)ccc4c3)c3cc(-c4cc5ccc6ccccc6c5c5c4ccc4ccccc45)cc4ccccc34)cc2)cc1. The Hall–Kier alpha value is -8.00. The highest BCUT2D eigenvalue weighted by Crippen LogP contribution is 2.46. The molecule has 0 amide bonds. The Balaban J connectivity index is 1.11. The zero-order valence-corrected chi connectivity index (χ0v) is 33.5. The summed E-state index contributed by atoms with van der Waals surface area (Å²) in [6.45, 7) is 0. The van der Waals surface area contributed by atoms with Gasteiger partial charge < -0.3 is 4.90 Å². The van der Waals surface area contributed by atoms with E-state index in [1.807, 2.05) is 0 Å². The van der Waals surface area contributed by atoms with Gasteiger partial charge in [-0.2, -0.15) is 0 Å². The van der Waals surface area contributed by atoms with E-state index in [1.54, 1.807) is 0 Å². The molecule has 0 radical (unpaired) electrons. The summed E-state index contributed by atoms with van der Waals surface area (Å²) in [5.41, 5.74) is 10.6. The first-order chi connectivity index (χ1) is 30.2. The molecule has 1 heteroatoms. The van der Waals surface area contributed by atoms with Gasteiger partial charge in [0, 0.05) is 16.8 Å². The standard InChI is InChI=1S/C60H39N/c1-3-13-40(14-4-1)42-27-31-51(32-28-42)61(52-33-29-46-35-45(24-25-47(46)37-52)41-15-5-2-6-16-41)58-39-50(36-48-19-9-10-20-53(48)58)57-38-49-26-23-43-17-7-11-21-54(43)59(49)60-55-22-12-8-18-44(55)30-34-56(57)60/h1-39H. The maximum atomic E-state index is 2.46. The van der Waals surface area contributed by atoms with Gasteiger partial charge >= 0.3 is 0 Å². The molecule has 12 aromatic rings. The van der Waals surface area contributed by atoms with Crippen molar-refractivity contribution in [2.24, 2.45) is 0 Å². The van der Waals surface area contributed by atoms with Crippen LogP contribution in [0.15, 0.2) is 237 Å². The Morgan fingerprint density at radius 3 is 1.46 bits per heavy atom. The molecule has 0 saturated carbocycles. The van der Waals surface area contributed by atoms with Crippen molar-refractivity contribution in [2.45, 2.75) is 0 Å². The van der Waals surface area contributed by atoms with Crippen LogP contribution in [0.2, 0.25) is 0 Å². The second-order valence-electron chi connectivity index (χ2n) is 16.1. The van der Waals surface area contributed by atoms with Crippen LogP contribution in [0, 0.1) is 0 Å². The minimum absolute atomic E-state index is 1.10. The van der Waals surface area contributed by atoms with Crippen LogP contribution in [-0.2, 0) is 0 Å². The third kappa shape index (κ3) is 6.02. The highest BCUT2D eigenvalue weighted by molar-refractivity contribution is 6.30. The van der Waals surface area contributed by atoms with Crippen LogP contribution < -0.4 is 4.90 Å². The van der Waals surface area contributed by atoms with Crippen LogP contribution in [0.4, 0.5) is 17.1 Å². The monoisotopic (exact) mass is 773 g/mol. The zero-order valence-electron chi connectivity index (χ0n) is 33.5. The quantitative estimate of drug-likeness (QED) is 0.152. The second kappa shape index (κ2) is 14.4.